The molecule has 0 atom stereocenters. The van der Waals surface area contributed by atoms with Gasteiger partial charge in [0, 0.05) is 25.7 Å². The molecule has 1 fully saturated rings. The largest absolute Gasteiger partial charge is 0.481 e. The minimum Gasteiger partial charge on any atom is -0.481 e. The van der Waals surface area contributed by atoms with E-state index in [0.29, 0.717) is 0 Å². The molecule has 1 saturated heterocycles. The van der Waals surface area contributed by atoms with Crippen molar-refractivity contribution >= 4 is 23.6 Å². The lowest BCUT2D eigenvalue weighted by molar-refractivity contribution is -0.142. The average Bonchev–Trinajstić information content (AvgIpc) is 2.49. The highest BCUT2D eigenvalue weighted by atomic mass is 16.4. The second kappa shape index (κ2) is 5.39. The Morgan fingerprint density at radius 2 is 1.69 bits per heavy atom. The van der Waals surface area contributed by atoms with Crippen LogP contribution in [0.5, 0.6) is 0 Å². The first-order chi connectivity index (χ1) is 7.50. The van der Waals surface area contributed by atoms with Gasteiger partial charge in [0.05, 0.1) is 6.54 Å². The summed E-state index contributed by atoms with van der Waals surface area (Å²) in [6.07, 6.45) is 0.587. The highest BCUT2D eigenvalue weighted by Crippen LogP contribution is 2.11. The van der Waals surface area contributed by atoms with Crippen LogP contribution in [0.1, 0.15) is 32.1 Å². The molecule has 0 saturated carbocycles. The molecule has 0 bridgehead atoms. The first-order valence-electron chi connectivity index (χ1n) is 5.07. The number of carboxylic acid groups (broad SMARTS) is 1. The lowest BCUT2D eigenvalue weighted by atomic mass is 10.1. The molecule has 0 radical (unpaired) electrons. The normalized spacial score (nSPS) is 15.6. The molecular weight excluding hydrogens is 214 g/mol. The van der Waals surface area contributed by atoms with Crippen molar-refractivity contribution in [3.8, 4) is 0 Å². The number of carboxylic acids is 1. The number of Topliss-reactive ketones (excluding diaryl/α,β-unsaturated/α-hetero) is 1. The van der Waals surface area contributed by atoms with E-state index in [-0.39, 0.29) is 56.2 Å². The summed E-state index contributed by atoms with van der Waals surface area (Å²) in [5, 5.41) is 8.36. The first kappa shape index (κ1) is 12.4. The van der Waals surface area contributed by atoms with Gasteiger partial charge < -0.3 is 5.11 Å². The van der Waals surface area contributed by atoms with Crippen LogP contribution >= 0.6 is 0 Å². The number of imide groups is 1. The summed E-state index contributed by atoms with van der Waals surface area (Å²) in [7, 11) is 0. The summed E-state index contributed by atoms with van der Waals surface area (Å²) in [4.78, 5) is 44.8. The lowest BCUT2D eigenvalue weighted by Crippen LogP contribution is -2.34. The zero-order valence-corrected chi connectivity index (χ0v) is 8.77. The van der Waals surface area contributed by atoms with E-state index in [4.69, 9.17) is 5.11 Å². The molecule has 0 aromatic carbocycles. The van der Waals surface area contributed by atoms with Crippen LogP contribution in [0, 0.1) is 0 Å². The Morgan fingerprint density at radius 1 is 1.12 bits per heavy atom. The maximum absolute atomic E-state index is 11.3. The molecule has 6 nitrogen and oxygen atoms in total. The number of carbonyl (C=O) groups is 4. The number of ketones is 1. The van der Waals surface area contributed by atoms with Gasteiger partial charge in [0.25, 0.3) is 0 Å². The van der Waals surface area contributed by atoms with Gasteiger partial charge in [-0.05, 0) is 6.42 Å². The Hall–Kier alpha value is -1.72. The van der Waals surface area contributed by atoms with Gasteiger partial charge in [-0.1, -0.05) is 0 Å². The van der Waals surface area contributed by atoms with Crippen LogP contribution in [-0.2, 0) is 19.2 Å². The third kappa shape index (κ3) is 3.45. The predicted molar refractivity (Wildman–Crippen MR) is 52.4 cm³/mol. The Labute approximate surface area is 92.2 Å². The molecule has 0 aliphatic carbocycles. The standard InChI is InChI=1S/C10H13NO5/c12-7(2-1-3-10(15)16)6-11-8(13)4-5-9(11)14/h1-6H2,(H,15,16). The monoisotopic (exact) mass is 227 g/mol. The molecule has 16 heavy (non-hydrogen) atoms. The van der Waals surface area contributed by atoms with Gasteiger partial charge in [0.1, 0.15) is 0 Å². The number of likely N-dealkylation sites (tertiary alicyclic amines) is 1. The number of aliphatic carboxylic acids is 1. The second-order valence-corrected chi connectivity index (χ2v) is 3.66. The van der Waals surface area contributed by atoms with E-state index in [1.807, 2.05) is 0 Å². The Bertz CT molecular complexity index is 320. The van der Waals surface area contributed by atoms with Crippen LogP contribution < -0.4 is 0 Å². The number of hydrogen-bond acceptors (Lipinski definition) is 4. The summed E-state index contributed by atoms with van der Waals surface area (Å²) in [6, 6.07) is 0. The van der Waals surface area contributed by atoms with Gasteiger partial charge >= 0.3 is 5.97 Å². The van der Waals surface area contributed by atoms with E-state index in [9.17, 15) is 19.2 Å². The average molecular weight is 227 g/mol. The summed E-state index contributed by atoms with van der Waals surface area (Å²) >= 11 is 0. The highest BCUT2D eigenvalue weighted by molar-refractivity contribution is 6.04. The smallest absolute Gasteiger partial charge is 0.303 e. The minimum atomic E-state index is -0.957. The number of nitrogens with zero attached hydrogens (tertiary/aromatic N) is 1. The van der Waals surface area contributed by atoms with Gasteiger partial charge in [-0.2, -0.15) is 0 Å². The van der Waals surface area contributed by atoms with E-state index in [0.717, 1.165) is 4.90 Å². The molecule has 2 amide bonds. The first-order valence-corrected chi connectivity index (χ1v) is 5.07. The fourth-order valence-corrected chi connectivity index (χ4v) is 1.49. The predicted octanol–water partition coefficient (Wildman–Crippen LogP) is -0.0406. The van der Waals surface area contributed by atoms with E-state index in [2.05, 4.69) is 0 Å². The Kier molecular flexibility index (Phi) is 4.16. The van der Waals surface area contributed by atoms with Gasteiger partial charge in [-0.3, -0.25) is 24.1 Å². The molecule has 0 spiro atoms. The summed E-state index contributed by atoms with van der Waals surface area (Å²) in [5.74, 6) is -1.88. The molecular formula is C10H13NO5. The quantitative estimate of drug-likeness (QED) is 0.643. The van der Waals surface area contributed by atoms with Crippen molar-refractivity contribution in [1.29, 1.82) is 0 Å². The molecule has 0 aromatic rings. The third-order valence-electron chi connectivity index (χ3n) is 2.34. The number of amides is 2. The second-order valence-electron chi connectivity index (χ2n) is 3.66. The molecule has 1 N–H and O–H groups in total. The topological polar surface area (TPSA) is 91.8 Å². The fourth-order valence-electron chi connectivity index (χ4n) is 1.49. The van der Waals surface area contributed by atoms with E-state index < -0.39 is 5.97 Å². The fraction of sp³-hybridized carbons (Fsp3) is 0.600. The molecule has 6 heteroatoms. The van der Waals surface area contributed by atoms with E-state index >= 15 is 0 Å². The lowest BCUT2D eigenvalue weighted by Gasteiger charge is -2.11. The maximum atomic E-state index is 11.3. The van der Waals surface area contributed by atoms with Crippen LogP contribution in [0.25, 0.3) is 0 Å². The van der Waals surface area contributed by atoms with Gasteiger partial charge in [-0.15, -0.1) is 0 Å². The van der Waals surface area contributed by atoms with Crippen molar-refractivity contribution in [2.75, 3.05) is 6.54 Å². The molecule has 88 valence electrons. The molecule has 1 rings (SSSR count). The van der Waals surface area contributed by atoms with Crippen molar-refractivity contribution in [2.45, 2.75) is 32.1 Å². The summed E-state index contributed by atoms with van der Waals surface area (Å²) in [6.45, 7) is -0.211. The maximum Gasteiger partial charge on any atom is 0.303 e. The molecule has 1 heterocycles. The van der Waals surface area contributed by atoms with Crippen molar-refractivity contribution in [3.63, 3.8) is 0 Å². The molecule has 1 aliphatic heterocycles. The van der Waals surface area contributed by atoms with E-state index in [1.165, 1.54) is 0 Å². The van der Waals surface area contributed by atoms with Crippen molar-refractivity contribution in [3.05, 3.63) is 0 Å². The summed E-state index contributed by atoms with van der Waals surface area (Å²) in [5.41, 5.74) is 0. The van der Waals surface area contributed by atoms with Gasteiger partial charge in [0.2, 0.25) is 11.8 Å². The van der Waals surface area contributed by atoms with Crippen LogP contribution in [0.3, 0.4) is 0 Å². The SMILES string of the molecule is O=C(O)CCCC(=O)CN1C(=O)CCC1=O. The Morgan fingerprint density at radius 3 is 2.19 bits per heavy atom. The zero-order chi connectivity index (χ0) is 12.1. The zero-order valence-electron chi connectivity index (χ0n) is 8.77. The Balaban J connectivity index is 2.31. The van der Waals surface area contributed by atoms with Crippen molar-refractivity contribution in [2.24, 2.45) is 0 Å². The minimum absolute atomic E-state index is 0.0758. The van der Waals surface area contributed by atoms with Crippen LogP contribution in [0.4, 0.5) is 0 Å². The highest BCUT2D eigenvalue weighted by Gasteiger charge is 2.29. The number of rotatable bonds is 6. The van der Waals surface area contributed by atoms with Crippen LogP contribution in [-0.4, -0.2) is 40.1 Å². The van der Waals surface area contributed by atoms with Crippen LogP contribution in [0.2, 0.25) is 0 Å². The van der Waals surface area contributed by atoms with Crippen LogP contribution in [0.15, 0.2) is 0 Å². The van der Waals surface area contributed by atoms with E-state index in [1.54, 1.807) is 0 Å². The molecule has 0 unspecified atom stereocenters. The van der Waals surface area contributed by atoms with Crippen molar-refractivity contribution < 1.29 is 24.3 Å². The number of hydrogen-bond donors (Lipinski definition) is 1. The van der Waals surface area contributed by atoms with Crippen molar-refractivity contribution in [1.82, 2.24) is 4.90 Å². The third-order valence-corrected chi connectivity index (χ3v) is 2.34. The van der Waals surface area contributed by atoms with Gasteiger partial charge in [-0.25, -0.2) is 0 Å². The van der Waals surface area contributed by atoms with Gasteiger partial charge in [0.15, 0.2) is 5.78 Å². The number of carbonyl (C=O) groups excluding carboxylic acids is 3. The molecule has 0 aromatic heterocycles. The summed E-state index contributed by atoms with van der Waals surface area (Å²) < 4.78 is 0. The molecule has 1 aliphatic rings.